The van der Waals surface area contributed by atoms with Crippen LogP contribution in [0, 0.1) is 6.92 Å². The molecule has 0 spiro atoms. The van der Waals surface area contributed by atoms with Crippen molar-refractivity contribution in [1.82, 2.24) is 15.1 Å². The van der Waals surface area contributed by atoms with Crippen molar-refractivity contribution in [3.8, 4) is 5.69 Å². The first-order chi connectivity index (χ1) is 13.4. The average Bonchev–Trinajstić information content (AvgIpc) is 2.60. The van der Waals surface area contributed by atoms with E-state index in [0.717, 1.165) is 22.9 Å². The summed E-state index contributed by atoms with van der Waals surface area (Å²) in [6.07, 6.45) is -5.75. The zero-order chi connectivity index (χ0) is 21.9. The fourth-order valence-corrected chi connectivity index (χ4v) is 2.44. The van der Waals surface area contributed by atoms with Gasteiger partial charge in [-0.15, -0.1) is 0 Å². The molecule has 156 valence electrons. The van der Waals surface area contributed by atoms with Gasteiger partial charge in [0.15, 0.2) is 6.10 Å². The molecule has 2 rings (SSSR count). The van der Waals surface area contributed by atoms with Gasteiger partial charge in [0, 0.05) is 17.8 Å². The van der Waals surface area contributed by atoms with Gasteiger partial charge in [-0.1, -0.05) is 6.07 Å². The van der Waals surface area contributed by atoms with E-state index in [9.17, 15) is 27.6 Å². The molecule has 0 radical (unpaired) electrons. The molecule has 1 heterocycles. The zero-order valence-electron chi connectivity index (χ0n) is 16.2. The van der Waals surface area contributed by atoms with E-state index in [2.05, 4.69) is 10.4 Å². The van der Waals surface area contributed by atoms with Crippen LogP contribution >= 0.6 is 0 Å². The summed E-state index contributed by atoms with van der Waals surface area (Å²) in [6, 6.07) is 5.16. The van der Waals surface area contributed by atoms with Crippen molar-refractivity contribution >= 4 is 11.9 Å². The molecular weight excluding hydrogens is 391 g/mol. The molecule has 10 heteroatoms. The standard InChI is InChI=1S/C19H20F3N3O4/c1-10(2)23-17(27)12(4)29-18(28)16-15(26)8-11(3)25(24-16)14-7-5-6-13(9-14)19(20,21)22/h5-10,12H,1-4H3,(H,23,27). The van der Waals surface area contributed by atoms with Gasteiger partial charge in [0.2, 0.25) is 11.1 Å². The second-order valence-corrected chi connectivity index (χ2v) is 6.67. The Labute approximate surface area is 164 Å². The summed E-state index contributed by atoms with van der Waals surface area (Å²) in [5.41, 5.74) is -2.09. The zero-order valence-corrected chi connectivity index (χ0v) is 16.2. The van der Waals surface area contributed by atoms with Crippen molar-refractivity contribution in [2.75, 3.05) is 0 Å². The number of nitrogens with one attached hydrogen (secondary N) is 1. The van der Waals surface area contributed by atoms with Crippen LogP contribution in [0.15, 0.2) is 35.1 Å². The molecular formula is C19H20F3N3O4. The van der Waals surface area contributed by atoms with Crippen LogP contribution in [0.25, 0.3) is 5.69 Å². The van der Waals surface area contributed by atoms with Gasteiger partial charge >= 0.3 is 12.1 Å². The van der Waals surface area contributed by atoms with Crippen molar-refractivity contribution in [1.29, 1.82) is 0 Å². The van der Waals surface area contributed by atoms with E-state index in [1.807, 2.05) is 0 Å². The minimum Gasteiger partial charge on any atom is -0.448 e. The lowest BCUT2D eigenvalue weighted by atomic mass is 10.2. The maximum atomic E-state index is 13.0. The number of hydrogen-bond acceptors (Lipinski definition) is 5. The number of aromatic nitrogens is 2. The Morgan fingerprint density at radius 2 is 1.83 bits per heavy atom. The van der Waals surface area contributed by atoms with Crippen LogP contribution in [0.5, 0.6) is 0 Å². The normalized spacial score (nSPS) is 12.6. The molecule has 0 saturated heterocycles. The molecule has 1 unspecified atom stereocenters. The predicted octanol–water partition coefficient (Wildman–Crippen LogP) is 2.63. The van der Waals surface area contributed by atoms with Crippen molar-refractivity contribution in [2.24, 2.45) is 0 Å². The van der Waals surface area contributed by atoms with Gasteiger partial charge in [-0.25, -0.2) is 9.48 Å². The molecule has 0 aliphatic heterocycles. The van der Waals surface area contributed by atoms with Crippen molar-refractivity contribution in [3.63, 3.8) is 0 Å². The van der Waals surface area contributed by atoms with Crippen LogP contribution in [-0.2, 0) is 15.7 Å². The van der Waals surface area contributed by atoms with E-state index in [1.165, 1.54) is 26.0 Å². The number of rotatable bonds is 5. The monoisotopic (exact) mass is 411 g/mol. The largest absolute Gasteiger partial charge is 0.448 e. The Balaban J connectivity index is 2.38. The number of ether oxygens (including phenoxy) is 1. The summed E-state index contributed by atoms with van der Waals surface area (Å²) in [7, 11) is 0. The number of benzene rings is 1. The van der Waals surface area contributed by atoms with Crippen LogP contribution in [0.2, 0.25) is 0 Å². The summed E-state index contributed by atoms with van der Waals surface area (Å²) < 4.78 is 44.9. The molecule has 1 amide bonds. The number of hydrogen-bond donors (Lipinski definition) is 1. The molecule has 0 fully saturated rings. The van der Waals surface area contributed by atoms with Crippen LogP contribution in [0.1, 0.15) is 42.5 Å². The number of amides is 1. The van der Waals surface area contributed by atoms with Crippen molar-refractivity contribution in [2.45, 2.75) is 46.0 Å². The van der Waals surface area contributed by atoms with E-state index in [0.29, 0.717) is 0 Å². The molecule has 1 atom stereocenters. The van der Waals surface area contributed by atoms with Gasteiger partial charge in [-0.2, -0.15) is 18.3 Å². The van der Waals surface area contributed by atoms with Gasteiger partial charge in [-0.3, -0.25) is 9.59 Å². The lowest BCUT2D eigenvalue weighted by molar-refractivity contribution is -0.137. The first kappa shape index (κ1) is 22.1. The lowest BCUT2D eigenvalue weighted by Crippen LogP contribution is -2.40. The van der Waals surface area contributed by atoms with E-state index in [-0.39, 0.29) is 17.4 Å². The number of nitrogens with zero attached hydrogens (tertiary/aromatic N) is 2. The fraction of sp³-hybridized carbons (Fsp3) is 0.368. The molecule has 0 bridgehead atoms. The fourth-order valence-electron chi connectivity index (χ4n) is 2.44. The van der Waals surface area contributed by atoms with Crippen LogP contribution in [-0.4, -0.2) is 33.8 Å². The molecule has 7 nitrogen and oxygen atoms in total. The first-order valence-electron chi connectivity index (χ1n) is 8.70. The molecule has 1 N–H and O–H groups in total. The number of aryl methyl sites for hydroxylation is 1. The number of esters is 1. The Bertz CT molecular complexity index is 983. The van der Waals surface area contributed by atoms with Crippen molar-refractivity contribution < 1.29 is 27.5 Å². The minimum absolute atomic E-state index is 0.0111. The SMILES string of the molecule is Cc1cc(=O)c(C(=O)OC(C)C(=O)NC(C)C)nn1-c1cccc(C(F)(F)F)c1. The number of halogens is 3. The summed E-state index contributed by atoms with van der Waals surface area (Å²) in [4.78, 5) is 36.4. The molecule has 2 aromatic rings. The highest BCUT2D eigenvalue weighted by Gasteiger charge is 2.31. The Morgan fingerprint density at radius 1 is 1.17 bits per heavy atom. The molecule has 1 aromatic heterocycles. The second kappa shape index (κ2) is 8.46. The smallest absolute Gasteiger partial charge is 0.416 e. The van der Waals surface area contributed by atoms with Crippen molar-refractivity contribution in [3.05, 3.63) is 57.5 Å². The van der Waals surface area contributed by atoms with Crippen LogP contribution < -0.4 is 10.7 Å². The first-order valence-corrected chi connectivity index (χ1v) is 8.70. The summed E-state index contributed by atoms with van der Waals surface area (Å²) >= 11 is 0. The maximum Gasteiger partial charge on any atom is 0.416 e. The van der Waals surface area contributed by atoms with E-state index in [1.54, 1.807) is 13.8 Å². The third-order valence-corrected chi connectivity index (χ3v) is 3.80. The Hall–Kier alpha value is -3.17. The summed E-state index contributed by atoms with van der Waals surface area (Å²) in [5, 5.41) is 6.42. The highest BCUT2D eigenvalue weighted by Crippen LogP contribution is 2.30. The van der Waals surface area contributed by atoms with E-state index < -0.39 is 40.8 Å². The molecule has 29 heavy (non-hydrogen) atoms. The molecule has 0 saturated carbocycles. The lowest BCUT2D eigenvalue weighted by Gasteiger charge is -2.16. The van der Waals surface area contributed by atoms with Gasteiger partial charge < -0.3 is 10.1 Å². The average molecular weight is 411 g/mol. The predicted molar refractivity (Wildman–Crippen MR) is 97.7 cm³/mol. The van der Waals surface area contributed by atoms with Crippen LogP contribution in [0.4, 0.5) is 13.2 Å². The third-order valence-electron chi connectivity index (χ3n) is 3.80. The second-order valence-electron chi connectivity index (χ2n) is 6.67. The van der Waals surface area contributed by atoms with Crippen LogP contribution in [0.3, 0.4) is 0 Å². The highest BCUT2D eigenvalue weighted by molar-refractivity contribution is 5.90. The molecule has 0 aliphatic rings. The van der Waals surface area contributed by atoms with Gasteiger partial charge in [0.1, 0.15) is 0 Å². The number of carbonyl (C=O) groups excluding carboxylic acids is 2. The number of alkyl halides is 3. The van der Waals surface area contributed by atoms with E-state index >= 15 is 0 Å². The van der Waals surface area contributed by atoms with Gasteiger partial charge in [0.05, 0.1) is 11.3 Å². The quantitative estimate of drug-likeness (QED) is 0.764. The maximum absolute atomic E-state index is 13.0. The minimum atomic E-state index is -4.57. The Morgan fingerprint density at radius 3 is 2.41 bits per heavy atom. The topological polar surface area (TPSA) is 90.3 Å². The molecule has 0 aliphatic carbocycles. The Kier molecular flexibility index (Phi) is 6.45. The highest BCUT2D eigenvalue weighted by atomic mass is 19.4. The number of carbonyl (C=O) groups is 2. The molecule has 1 aromatic carbocycles. The summed E-state index contributed by atoms with van der Waals surface area (Å²) in [5.74, 6) is -1.71. The van der Waals surface area contributed by atoms with E-state index in [4.69, 9.17) is 4.74 Å². The van der Waals surface area contributed by atoms with Gasteiger partial charge in [-0.05, 0) is 45.9 Å². The van der Waals surface area contributed by atoms with Gasteiger partial charge in [0.25, 0.3) is 5.91 Å². The summed E-state index contributed by atoms with van der Waals surface area (Å²) in [6.45, 7) is 6.24. The third kappa shape index (κ3) is 5.43.